The van der Waals surface area contributed by atoms with E-state index in [1.54, 1.807) is 41.3 Å². The number of thiophene rings is 1. The molecule has 39 heavy (non-hydrogen) atoms. The maximum atomic E-state index is 13.4. The summed E-state index contributed by atoms with van der Waals surface area (Å²) in [6.45, 7) is 8.41. The number of carbonyl (C=O) groups is 3. The molecule has 8 nitrogen and oxygen atoms in total. The number of rotatable bonds is 6. The topological polar surface area (TPSA) is 93.8 Å². The van der Waals surface area contributed by atoms with Crippen molar-refractivity contribution in [1.29, 1.82) is 0 Å². The number of hydrogen-bond acceptors (Lipinski definition) is 5. The highest BCUT2D eigenvalue weighted by atomic mass is 32.1. The maximum Gasteiger partial charge on any atom is 0.317 e. The Kier molecular flexibility index (Phi) is 8.86. The fourth-order valence-electron chi connectivity index (χ4n) is 4.31. The number of urea groups is 1. The van der Waals surface area contributed by atoms with Crippen LogP contribution in [0.2, 0.25) is 0 Å². The number of halogens is 1. The van der Waals surface area contributed by atoms with Crippen molar-refractivity contribution in [2.45, 2.75) is 39.3 Å². The Labute approximate surface area is 232 Å². The standard InChI is InChI=1S/C29H34FN5O3S/c1-29(2,3)33-28(38)35-14-5-13-34(15-16-35)24-12-11-22(32-27(37)25-6-4-17-39-25)18-23(24)26(36)31-19-20-7-9-21(30)10-8-20/h4,6-12,17-18H,5,13-16,19H2,1-3H3,(H,31,36)(H,32,37)(H,33,38). The van der Waals surface area contributed by atoms with E-state index in [0.29, 0.717) is 42.3 Å². The van der Waals surface area contributed by atoms with E-state index >= 15 is 0 Å². The molecule has 1 aliphatic heterocycles. The molecule has 0 spiro atoms. The van der Waals surface area contributed by atoms with Crippen molar-refractivity contribution in [1.82, 2.24) is 15.5 Å². The third kappa shape index (κ3) is 7.79. The molecule has 1 fully saturated rings. The molecule has 0 unspecified atom stereocenters. The summed E-state index contributed by atoms with van der Waals surface area (Å²) in [7, 11) is 0. The second-order valence-corrected chi connectivity index (χ2v) is 11.4. The van der Waals surface area contributed by atoms with E-state index in [-0.39, 0.29) is 35.7 Å². The zero-order chi connectivity index (χ0) is 28.0. The molecule has 4 amide bonds. The average Bonchev–Trinajstić information content (AvgIpc) is 3.32. The average molecular weight is 552 g/mol. The van der Waals surface area contributed by atoms with Gasteiger partial charge >= 0.3 is 6.03 Å². The largest absolute Gasteiger partial charge is 0.369 e. The summed E-state index contributed by atoms with van der Waals surface area (Å²) in [5, 5.41) is 10.6. The minimum Gasteiger partial charge on any atom is -0.369 e. The number of amides is 4. The van der Waals surface area contributed by atoms with Crippen LogP contribution in [0.15, 0.2) is 60.0 Å². The zero-order valence-corrected chi connectivity index (χ0v) is 23.2. The molecule has 2 heterocycles. The number of benzene rings is 2. The molecule has 0 radical (unpaired) electrons. The molecule has 0 aliphatic carbocycles. The SMILES string of the molecule is CC(C)(C)NC(=O)N1CCCN(c2ccc(NC(=O)c3cccs3)cc2C(=O)NCc2ccc(F)cc2)CC1. The fraction of sp³-hybridized carbons (Fsp3) is 0.345. The van der Waals surface area contributed by atoms with Crippen LogP contribution >= 0.6 is 11.3 Å². The van der Waals surface area contributed by atoms with Gasteiger partial charge in [-0.15, -0.1) is 11.3 Å². The molecule has 206 valence electrons. The van der Waals surface area contributed by atoms with Crippen molar-refractivity contribution in [2.24, 2.45) is 0 Å². The van der Waals surface area contributed by atoms with Gasteiger partial charge in [0.2, 0.25) is 0 Å². The van der Waals surface area contributed by atoms with Crippen LogP contribution in [0.5, 0.6) is 0 Å². The molecule has 1 aliphatic rings. The minimum atomic E-state index is -0.340. The minimum absolute atomic E-state index is 0.103. The van der Waals surface area contributed by atoms with Gasteiger partial charge in [0.1, 0.15) is 5.82 Å². The van der Waals surface area contributed by atoms with E-state index in [4.69, 9.17) is 0 Å². The van der Waals surface area contributed by atoms with Gasteiger partial charge in [-0.05, 0) is 74.5 Å². The first-order valence-corrected chi connectivity index (χ1v) is 13.8. The van der Waals surface area contributed by atoms with Crippen molar-refractivity contribution in [3.05, 3.63) is 81.8 Å². The molecule has 3 N–H and O–H groups in total. The van der Waals surface area contributed by atoms with Crippen LogP contribution in [0.3, 0.4) is 0 Å². The summed E-state index contributed by atoms with van der Waals surface area (Å²) >= 11 is 1.34. The zero-order valence-electron chi connectivity index (χ0n) is 22.4. The van der Waals surface area contributed by atoms with E-state index in [0.717, 1.165) is 17.7 Å². The van der Waals surface area contributed by atoms with E-state index in [2.05, 4.69) is 20.9 Å². The van der Waals surface area contributed by atoms with E-state index in [1.165, 1.54) is 23.5 Å². The molecule has 0 bridgehead atoms. The number of nitrogens with zero attached hydrogens (tertiary/aromatic N) is 2. The Bertz CT molecular complexity index is 1310. The van der Waals surface area contributed by atoms with E-state index in [9.17, 15) is 18.8 Å². The van der Waals surface area contributed by atoms with Gasteiger partial charge in [-0.25, -0.2) is 9.18 Å². The lowest BCUT2D eigenvalue weighted by Crippen LogP contribution is -2.49. The van der Waals surface area contributed by atoms with Gasteiger partial charge in [-0.3, -0.25) is 9.59 Å². The van der Waals surface area contributed by atoms with Crippen LogP contribution in [0.25, 0.3) is 0 Å². The van der Waals surface area contributed by atoms with Gasteiger partial charge < -0.3 is 25.8 Å². The molecule has 10 heteroatoms. The molecule has 0 atom stereocenters. The Morgan fingerprint density at radius 3 is 2.41 bits per heavy atom. The summed E-state index contributed by atoms with van der Waals surface area (Å²) in [5.41, 5.74) is 2.07. The number of carbonyl (C=O) groups excluding carboxylic acids is 3. The third-order valence-corrected chi connectivity index (χ3v) is 7.08. The summed E-state index contributed by atoms with van der Waals surface area (Å²) in [4.78, 5) is 43.3. The van der Waals surface area contributed by atoms with Crippen molar-refractivity contribution in [2.75, 3.05) is 36.4 Å². The lowest BCUT2D eigenvalue weighted by atomic mass is 10.1. The number of hydrogen-bond donors (Lipinski definition) is 3. The van der Waals surface area contributed by atoms with Crippen LogP contribution < -0.4 is 20.9 Å². The summed E-state index contributed by atoms with van der Waals surface area (Å²) in [5.74, 6) is -0.897. The first-order valence-electron chi connectivity index (χ1n) is 12.9. The summed E-state index contributed by atoms with van der Waals surface area (Å²) < 4.78 is 13.3. The Hall–Kier alpha value is -3.92. The lowest BCUT2D eigenvalue weighted by molar-refractivity contribution is 0.0950. The molecular formula is C29H34FN5O3S. The van der Waals surface area contributed by atoms with E-state index in [1.807, 2.05) is 32.2 Å². The molecule has 1 aromatic heterocycles. The van der Waals surface area contributed by atoms with Gasteiger partial charge in [-0.2, -0.15) is 0 Å². The maximum absolute atomic E-state index is 13.4. The highest BCUT2D eigenvalue weighted by Gasteiger charge is 2.25. The summed E-state index contributed by atoms with van der Waals surface area (Å²) in [6.07, 6.45) is 0.741. The molecule has 1 saturated heterocycles. The van der Waals surface area contributed by atoms with Crippen molar-refractivity contribution >= 4 is 40.6 Å². The monoisotopic (exact) mass is 551 g/mol. The Balaban J connectivity index is 1.54. The number of anilines is 2. The smallest absolute Gasteiger partial charge is 0.317 e. The van der Waals surface area contributed by atoms with Crippen molar-refractivity contribution in [3.63, 3.8) is 0 Å². The van der Waals surface area contributed by atoms with Gasteiger partial charge in [0.25, 0.3) is 11.8 Å². The van der Waals surface area contributed by atoms with Crippen LogP contribution in [-0.4, -0.2) is 54.5 Å². The van der Waals surface area contributed by atoms with Crippen LogP contribution in [0, 0.1) is 5.82 Å². The van der Waals surface area contributed by atoms with E-state index < -0.39 is 0 Å². The first-order chi connectivity index (χ1) is 18.6. The highest BCUT2D eigenvalue weighted by Crippen LogP contribution is 2.27. The van der Waals surface area contributed by atoms with Gasteiger partial charge in [-0.1, -0.05) is 18.2 Å². The second-order valence-electron chi connectivity index (χ2n) is 10.5. The fourth-order valence-corrected chi connectivity index (χ4v) is 4.93. The molecule has 0 saturated carbocycles. The predicted octanol–water partition coefficient (Wildman–Crippen LogP) is 5.09. The van der Waals surface area contributed by atoms with Crippen molar-refractivity contribution < 1.29 is 18.8 Å². The van der Waals surface area contributed by atoms with Crippen molar-refractivity contribution in [3.8, 4) is 0 Å². The van der Waals surface area contributed by atoms with Crippen LogP contribution in [0.1, 0.15) is 52.8 Å². The van der Waals surface area contributed by atoms with Crippen LogP contribution in [0.4, 0.5) is 20.6 Å². The highest BCUT2D eigenvalue weighted by molar-refractivity contribution is 7.12. The second kappa shape index (κ2) is 12.3. The van der Waals surface area contributed by atoms with Gasteiger partial charge in [0, 0.05) is 49.6 Å². The number of nitrogens with one attached hydrogen (secondary N) is 3. The Morgan fingerprint density at radius 2 is 1.72 bits per heavy atom. The molecule has 3 aromatic rings. The van der Waals surface area contributed by atoms with Gasteiger partial charge in [0.05, 0.1) is 10.4 Å². The normalized spacial score (nSPS) is 13.9. The Morgan fingerprint density at radius 1 is 0.949 bits per heavy atom. The third-order valence-electron chi connectivity index (χ3n) is 6.22. The lowest BCUT2D eigenvalue weighted by Gasteiger charge is -2.28. The first kappa shape index (κ1) is 28.1. The predicted molar refractivity (Wildman–Crippen MR) is 153 cm³/mol. The van der Waals surface area contributed by atoms with Crippen LogP contribution in [-0.2, 0) is 6.54 Å². The quantitative estimate of drug-likeness (QED) is 0.398. The molecular weight excluding hydrogens is 517 g/mol. The van der Waals surface area contributed by atoms with Gasteiger partial charge in [0.15, 0.2) is 0 Å². The molecule has 4 rings (SSSR count). The molecule has 2 aromatic carbocycles. The summed E-state index contributed by atoms with van der Waals surface area (Å²) in [6, 6.07) is 14.7.